The number of nitrogens with one attached hydrogen (secondary N) is 1. The quantitative estimate of drug-likeness (QED) is 0.907. The summed E-state index contributed by atoms with van der Waals surface area (Å²) in [6.45, 7) is -3.06. The number of carbonyl (C=O) groups excluding carboxylic acids is 1. The number of anilines is 1. The van der Waals surface area contributed by atoms with Crippen molar-refractivity contribution in [3.05, 3.63) is 54.1 Å². The van der Waals surface area contributed by atoms with Gasteiger partial charge in [0.1, 0.15) is 5.75 Å². The number of benzene rings is 2. The SMILES string of the molecule is CS(=O)(=O)c1cccc(NC(=O)c2ccccc2OC(F)F)c1. The highest BCUT2D eigenvalue weighted by Gasteiger charge is 2.16. The van der Waals surface area contributed by atoms with E-state index in [9.17, 15) is 22.0 Å². The predicted octanol–water partition coefficient (Wildman–Crippen LogP) is 2.94. The highest BCUT2D eigenvalue weighted by atomic mass is 32.2. The maximum atomic E-state index is 12.4. The minimum Gasteiger partial charge on any atom is -0.434 e. The summed E-state index contributed by atoms with van der Waals surface area (Å²) in [6.07, 6.45) is 1.04. The summed E-state index contributed by atoms with van der Waals surface area (Å²) in [5.41, 5.74) is 0.141. The van der Waals surface area contributed by atoms with Gasteiger partial charge in [-0.05, 0) is 30.3 Å². The molecule has 0 aliphatic heterocycles. The Bertz CT molecular complexity index is 822. The summed E-state index contributed by atoms with van der Waals surface area (Å²) in [5, 5.41) is 2.46. The van der Waals surface area contributed by atoms with Crippen LogP contribution in [-0.4, -0.2) is 27.2 Å². The molecule has 0 bridgehead atoms. The van der Waals surface area contributed by atoms with E-state index >= 15 is 0 Å². The molecule has 2 rings (SSSR count). The lowest BCUT2D eigenvalue weighted by atomic mass is 10.2. The van der Waals surface area contributed by atoms with Gasteiger partial charge < -0.3 is 10.1 Å². The third-order valence-electron chi connectivity index (χ3n) is 2.87. The van der Waals surface area contributed by atoms with Crippen molar-refractivity contribution in [1.29, 1.82) is 0 Å². The van der Waals surface area contributed by atoms with Gasteiger partial charge in [0.05, 0.1) is 10.5 Å². The molecule has 122 valence electrons. The van der Waals surface area contributed by atoms with E-state index in [1.54, 1.807) is 0 Å². The topological polar surface area (TPSA) is 72.5 Å². The Hall–Kier alpha value is -2.48. The van der Waals surface area contributed by atoms with Gasteiger partial charge >= 0.3 is 6.61 Å². The smallest absolute Gasteiger partial charge is 0.387 e. The van der Waals surface area contributed by atoms with Gasteiger partial charge in [-0.2, -0.15) is 8.78 Å². The van der Waals surface area contributed by atoms with Gasteiger partial charge in [-0.25, -0.2) is 8.42 Å². The molecule has 0 heterocycles. The molecule has 1 amide bonds. The minimum atomic E-state index is -3.42. The summed E-state index contributed by atoms with van der Waals surface area (Å²) >= 11 is 0. The molecule has 1 N–H and O–H groups in total. The lowest BCUT2D eigenvalue weighted by Crippen LogP contribution is -2.15. The van der Waals surface area contributed by atoms with E-state index in [-0.39, 0.29) is 21.9 Å². The number of hydrogen-bond acceptors (Lipinski definition) is 4. The van der Waals surface area contributed by atoms with Crippen molar-refractivity contribution in [2.45, 2.75) is 11.5 Å². The molecule has 0 fully saturated rings. The predicted molar refractivity (Wildman–Crippen MR) is 80.6 cm³/mol. The molecule has 5 nitrogen and oxygen atoms in total. The summed E-state index contributed by atoms with van der Waals surface area (Å²) in [7, 11) is -3.42. The van der Waals surface area contributed by atoms with Crippen molar-refractivity contribution in [1.82, 2.24) is 0 Å². The van der Waals surface area contributed by atoms with Crippen LogP contribution in [0.15, 0.2) is 53.4 Å². The van der Waals surface area contributed by atoms with Crippen LogP contribution in [0.4, 0.5) is 14.5 Å². The zero-order valence-corrected chi connectivity index (χ0v) is 12.8. The fourth-order valence-electron chi connectivity index (χ4n) is 1.86. The van der Waals surface area contributed by atoms with E-state index < -0.39 is 22.4 Å². The maximum Gasteiger partial charge on any atom is 0.387 e. The Balaban J connectivity index is 2.27. The fourth-order valence-corrected chi connectivity index (χ4v) is 2.52. The van der Waals surface area contributed by atoms with E-state index in [4.69, 9.17) is 0 Å². The molecule has 0 aliphatic rings. The molecule has 0 aliphatic carbocycles. The minimum absolute atomic E-state index is 0.0346. The van der Waals surface area contributed by atoms with Crippen molar-refractivity contribution in [3.8, 4) is 5.75 Å². The first-order valence-electron chi connectivity index (χ1n) is 6.42. The zero-order chi connectivity index (χ0) is 17.0. The van der Waals surface area contributed by atoms with E-state index in [2.05, 4.69) is 10.1 Å². The number of hydrogen-bond donors (Lipinski definition) is 1. The van der Waals surface area contributed by atoms with Crippen molar-refractivity contribution >= 4 is 21.4 Å². The molecule has 23 heavy (non-hydrogen) atoms. The van der Waals surface area contributed by atoms with E-state index in [1.807, 2.05) is 0 Å². The number of alkyl halides is 2. The molecule has 0 saturated heterocycles. The van der Waals surface area contributed by atoms with Gasteiger partial charge in [-0.3, -0.25) is 4.79 Å². The van der Waals surface area contributed by atoms with Crippen LogP contribution in [0.25, 0.3) is 0 Å². The molecule has 2 aromatic rings. The average Bonchev–Trinajstić information content (AvgIpc) is 2.46. The number of para-hydroxylation sites is 1. The second-order valence-corrected chi connectivity index (χ2v) is 6.64. The molecule has 0 radical (unpaired) electrons. The van der Waals surface area contributed by atoms with E-state index in [0.29, 0.717) is 0 Å². The second-order valence-electron chi connectivity index (χ2n) is 4.63. The maximum absolute atomic E-state index is 12.4. The normalized spacial score (nSPS) is 11.3. The molecule has 0 atom stereocenters. The number of amides is 1. The van der Waals surface area contributed by atoms with Crippen LogP contribution in [-0.2, 0) is 9.84 Å². The Labute approximate surface area is 131 Å². The van der Waals surface area contributed by atoms with Gasteiger partial charge in [-0.1, -0.05) is 18.2 Å². The molecule has 0 saturated carbocycles. The first kappa shape index (κ1) is 16.9. The summed E-state index contributed by atoms with van der Waals surface area (Å²) in [6, 6.07) is 11.2. The third-order valence-corrected chi connectivity index (χ3v) is 3.98. The van der Waals surface area contributed by atoms with Gasteiger partial charge in [0.2, 0.25) is 0 Å². The number of ether oxygens (including phenoxy) is 1. The Kier molecular flexibility index (Phi) is 4.95. The standard InChI is InChI=1S/C15H13F2NO4S/c1-23(20,21)11-6-4-5-10(9-11)18-14(19)12-7-2-3-8-13(12)22-15(16)17/h2-9,15H,1H3,(H,18,19). The summed E-state index contributed by atoms with van der Waals surface area (Å²) in [5.74, 6) is -0.953. The first-order chi connectivity index (χ1) is 10.8. The summed E-state index contributed by atoms with van der Waals surface area (Å²) < 4.78 is 52.0. The van der Waals surface area contributed by atoms with Gasteiger partial charge in [0, 0.05) is 11.9 Å². The van der Waals surface area contributed by atoms with Crippen molar-refractivity contribution in [2.75, 3.05) is 11.6 Å². The largest absolute Gasteiger partial charge is 0.434 e. The zero-order valence-electron chi connectivity index (χ0n) is 12.0. The molecule has 0 spiro atoms. The lowest BCUT2D eigenvalue weighted by Gasteiger charge is -2.11. The molecular formula is C15H13F2NO4S. The summed E-state index contributed by atoms with van der Waals surface area (Å²) in [4.78, 5) is 12.2. The molecule has 2 aromatic carbocycles. The highest BCUT2D eigenvalue weighted by Crippen LogP contribution is 2.22. The van der Waals surface area contributed by atoms with E-state index in [1.165, 1.54) is 48.5 Å². The van der Waals surface area contributed by atoms with Crippen LogP contribution in [0.2, 0.25) is 0 Å². The van der Waals surface area contributed by atoms with Crippen molar-refractivity contribution < 1.29 is 26.7 Å². The van der Waals surface area contributed by atoms with E-state index in [0.717, 1.165) is 6.26 Å². The highest BCUT2D eigenvalue weighted by molar-refractivity contribution is 7.90. The number of carbonyl (C=O) groups is 1. The second kappa shape index (κ2) is 6.74. The van der Waals surface area contributed by atoms with Crippen LogP contribution < -0.4 is 10.1 Å². The Morgan fingerprint density at radius 1 is 1.13 bits per heavy atom. The average molecular weight is 341 g/mol. The van der Waals surface area contributed by atoms with Crippen LogP contribution in [0.3, 0.4) is 0 Å². The molecule has 0 unspecified atom stereocenters. The van der Waals surface area contributed by atoms with Crippen LogP contribution >= 0.6 is 0 Å². The van der Waals surface area contributed by atoms with Gasteiger partial charge in [0.25, 0.3) is 5.91 Å². The van der Waals surface area contributed by atoms with Crippen molar-refractivity contribution in [3.63, 3.8) is 0 Å². The Morgan fingerprint density at radius 3 is 2.48 bits per heavy atom. The first-order valence-corrected chi connectivity index (χ1v) is 8.32. The van der Waals surface area contributed by atoms with Crippen LogP contribution in [0.1, 0.15) is 10.4 Å². The number of halogens is 2. The lowest BCUT2D eigenvalue weighted by molar-refractivity contribution is -0.0501. The van der Waals surface area contributed by atoms with Gasteiger partial charge in [-0.15, -0.1) is 0 Å². The monoisotopic (exact) mass is 341 g/mol. The van der Waals surface area contributed by atoms with Crippen LogP contribution in [0.5, 0.6) is 5.75 Å². The van der Waals surface area contributed by atoms with Crippen molar-refractivity contribution in [2.24, 2.45) is 0 Å². The fraction of sp³-hybridized carbons (Fsp3) is 0.133. The number of sulfone groups is 1. The number of rotatable bonds is 5. The van der Waals surface area contributed by atoms with Gasteiger partial charge in [0.15, 0.2) is 9.84 Å². The molecule has 8 heteroatoms. The van der Waals surface area contributed by atoms with Crippen LogP contribution in [0, 0.1) is 0 Å². The third kappa shape index (κ3) is 4.49. The Morgan fingerprint density at radius 2 is 1.83 bits per heavy atom. The molecular weight excluding hydrogens is 328 g/mol. The molecule has 0 aromatic heterocycles.